The first-order valence-electron chi connectivity index (χ1n) is 12.7. The summed E-state index contributed by atoms with van der Waals surface area (Å²) in [5.41, 5.74) is 4.54. The first-order chi connectivity index (χ1) is 16.7. The molecule has 1 atom stereocenters. The molecule has 1 fully saturated rings. The Hall–Kier alpha value is -2.99. The molecular formula is C28H34N4O2. The first-order valence-corrected chi connectivity index (χ1v) is 12.7. The molecule has 34 heavy (non-hydrogen) atoms. The smallest absolute Gasteiger partial charge is 0.303 e. The zero-order valence-electron chi connectivity index (χ0n) is 19.7. The van der Waals surface area contributed by atoms with Crippen LogP contribution in [0.4, 0.5) is 5.82 Å². The summed E-state index contributed by atoms with van der Waals surface area (Å²) < 4.78 is 0. The molecule has 1 saturated heterocycles. The minimum absolute atomic E-state index is 0.0175. The van der Waals surface area contributed by atoms with E-state index in [0.29, 0.717) is 5.92 Å². The van der Waals surface area contributed by atoms with Crippen molar-refractivity contribution in [3.05, 3.63) is 65.5 Å². The van der Waals surface area contributed by atoms with Crippen LogP contribution in [0.2, 0.25) is 0 Å². The van der Waals surface area contributed by atoms with Gasteiger partial charge in [0, 0.05) is 23.8 Å². The third-order valence-corrected chi connectivity index (χ3v) is 7.49. The van der Waals surface area contributed by atoms with Gasteiger partial charge >= 0.3 is 5.97 Å². The van der Waals surface area contributed by atoms with Crippen molar-refractivity contribution in [2.45, 2.75) is 50.9 Å². The number of piperidine rings is 1. The predicted octanol–water partition coefficient (Wildman–Crippen LogP) is 4.89. The van der Waals surface area contributed by atoms with Crippen LogP contribution in [0.1, 0.15) is 54.8 Å². The van der Waals surface area contributed by atoms with E-state index >= 15 is 0 Å². The number of aromatic nitrogens is 2. The van der Waals surface area contributed by atoms with Crippen molar-refractivity contribution in [1.29, 1.82) is 0 Å². The highest BCUT2D eigenvalue weighted by Gasteiger charge is 2.29. The minimum Gasteiger partial charge on any atom is -0.481 e. The first kappa shape index (κ1) is 22.8. The monoisotopic (exact) mass is 458 g/mol. The largest absolute Gasteiger partial charge is 0.481 e. The fourth-order valence-electron chi connectivity index (χ4n) is 5.61. The van der Waals surface area contributed by atoms with E-state index in [-0.39, 0.29) is 12.3 Å². The number of nitrogens with zero attached hydrogens (tertiary/aromatic N) is 3. The molecule has 0 amide bonds. The maximum atomic E-state index is 11.7. The molecule has 2 N–H and O–H groups in total. The van der Waals surface area contributed by atoms with Crippen molar-refractivity contribution in [1.82, 2.24) is 14.9 Å². The van der Waals surface area contributed by atoms with Gasteiger partial charge in [0.2, 0.25) is 0 Å². The lowest BCUT2D eigenvalue weighted by Gasteiger charge is -2.36. The van der Waals surface area contributed by atoms with E-state index in [9.17, 15) is 9.90 Å². The van der Waals surface area contributed by atoms with Crippen molar-refractivity contribution >= 4 is 22.7 Å². The van der Waals surface area contributed by atoms with E-state index in [1.54, 1.807) is 0 Å². The van der Waals surface area contributed by atoms with Crippen LogP contribution in [-0.4, -0.2) is 52.1 Å². The topological polar surface area (TPSA) is 78.3 Å². The van der Waals surface area contributed by atoms with Gasteiger partial charge in [-0.2, -0.15) is 0 Å². The van der Waals surface area contributed by atoms with Gasteiger partial charge in [0.25, 0.3) is 0 Å². The molecule has 0 aliphatic carbocycles. The van der Waals surface area contributed by atoms with Gasteiger partial charge in [0.05, 0.1) is 11.9 Å². The highest BCUT2D eigenvalue weighted by Crippen LogP contribution is 2.36. The molecule has 0 radical (unpaired) electrons. The van der Waals surface area contributed by atoms with E-state index in [1.165, 1.54) is 17.7 Å². The average molecular weight is 459 g/mol. The molecule has 1 aromatic carbocycles. The second kappa shape index (κ2) is 10.5. The van der Waals surface area contributed by atoms with E-state index in [1.807, 2.05) is 24.4 Å². The van der Waals surface area contributed by atoms with E-state index in [4.69, 9.17) is 4.98 Å². The standard InChI is InChI=1S/C28H34N4O2/c33-27(34)18-25(23-17-22-5-1-2-8-26(22)30-19-23)20-11-15-32(16-12-20)14-4-7-24-10-9-21-6-3-13-29-28(21)31-24/h1-2,5,8-10,17,19-20,25H,3-4,6-7,11-16,18H2,(H,29,31)(H,33,34). The van der Waals surface area contributed by atoms with Crippen molar-refractivity contribution < 1.29 is 9.90 Å². The number of aliphatic carboxylic acids is 1. The Balaban J connectivity index is 1.16. The van der Waals surface area contributed by atoms with Crippen LogP contribution < -0.4 is 5.32 Å². The van der Waals surface area contributed by atoms with Gasteiger partial charge in [-0.05, 0) is 99.3 Å². The number of hydrogen-bond donors (Lipinski definition) is 2. The lowest BCUT2D eigenvalue weighted by atomic mass is 9.78. The molecule has 0 bridgehead atoms. The summed E-state index contributed by atoms with van der Waals surface area (Å²) in [5, 5.41) is 14.1. The number of rotatable bonds is 8. The summed E-state index contributed by atoms with van der Waals surface area (Å²) in [7, 11) is 0. The number of likely N-dealkylation sites (tertiary alicyclic amines) is 1. The molecule has 0 saturated carbocycles. The number of nitrogens with one attached hydrogen (secondary N) is 1. The van der Waals surface area contributed by atoms with E-state index in [0.717, 1.165) is 80.6 Å². The van der Waals surface area contributed by atoms with Crippen LogP contribution in [0.3, 0.4) is 0 Å². The zero-order chi connectivity index (χ0) is 23.3. The second-order valence-corrected chi connectivity index (χ2v) is 9.79. The van der Waals surface area contributed by atoms with Gasteiger partial charge < -0.3 is 15.3 Å². The third-order valence-electron chi connectivity index (χ3n) is 7.49. The fourth-order valence-corrected chi connectivity index (χ4v) is 5.61. The molecule has 3 aromatic rings. The Labute approximate surface area is 201 Å². The highest BCUT2D eigenvalue weighted by atomic mass is 16.4. The number of fused-ring (bicyclic) bond motifs is 2. The Morgan fingerprint density at radius 3 is 2.88 bits per heavy atom. The molecule has 2 aliphatic heterocycles. The van der Waals surface area contributed by atoms with Crippen molar-refractivity contribution in [3.8, 4) is 0 Å². The van der Waals surface area contributed by atoms with Crippen LogP contribution in [0.25, 0.3) is 10.9 Å². The van der Waals surface area contributed by atoms with Crippen molar-refractivity contribution in [2.24, 2.45) is 5.92 Å². The normalized spacial score (nSPS) is 17.8. The lowest BCUT2D eigenvalue weighted by Crippen LogP contribution is -2.36. The quantitative estimate of drug-likeness (QED) is 0.500. The lowest BCUT2D eigenvalue weighted by molar-refractivity contribution is -0.137. The molecule has 0 spiro atoms. The minimum atomic E-state index is -0.729. The van der Waals surface area contributed by atoms with Crippen LogP contribution in [0, 0.1) is 5.92 Å². The Morgan fingerprint density at radius 1 is 1.18 bits per heavy atom. The number of aryl methyl sites for hydroxylation is 2. The third kappa shape index (κ3) is 5.39. The van der Waals surface area contributed by atoms with Crippen LogP contribution in [0.5, 0.6) is 0 Å². The maximum Gasteiger partial charge on any atom is 0.303 e. The molecule has 2 aliphatic rings. The number of para-hydroxylation sites is 1. The van der Waals surface area contributed by atoms with Gasteiger partial charge in [0.15, 0.2) is 0 Å². The Kier molecular flexibility index (Phi) is 7.05. The summed E-state index contributed by atoms with van der Waals surface area (Å²) in [5.74, 6) is 0.748. The number of hydrogen-bond acceptors (Lipinski definition) is 5. The molecule has 5 rings (SSSR count). The second-order valence-electron chi connectivity index (χ2n) is 9.79. The summed E-state index contributed by atoms with van der Waals surface area (Å²) >= 11 is 0. The van der Waals surface area contributed by atoms with Gasteiger partial charge in [-0.3, -0.25) is 9.78 Å². The molecule has 2 aromatic heterocycles. The molecule has 178 valence electrons. The molecule has 6 nitrogen and oxygen atoms in total. The summed E-state index contributed by atoms with van der Waals surface area (Å²) in [6, 6.07) is 14.6. The van der Waals surface area contributed by atoms with Crippen LogP contribution in [-0.2, 0) is 17.6 Å². The number of carbonyl (C=O) groups is 1. The fraction of sp³-hybridized carbons (Fsp3) is 0.464. The molecule has 1 unspecified atom stereocenters. The van der Waals surface area contributed by atoms with Crippen LogP contribution >= 0.6 is 0 Å². The molecule has 4 heterocycles. The number of benzene rings is 1. The van der Waals surface area contributed by atoms with Crippen LogP contribution in [0.15, 0.2) is 48.7 Å². The van der Waals surface area contributed by atoms with Gasteiger partial charge in [0.1, 0.15) is 5.82 Å². The zero-order valence-corrected chi connectivity index (χ0v) is 19.7. The van der Waals surface area contributed by atoms with Gasteiger partial charge in [-0.15, -0.1) is 0 Å². The number of pyridine rings is 2. The number of carboxylic acid groups (broad SMARTS) is 1. The van der Waals surface area contributed by atoms with Crippen molar-refractivity contribution in [2.75, 3.05) is 31.5 Å². The van der Waals surface area contributed by atoms with Crippen molar-refractivity contribution in [3.63, 3.8) is 0 Å². The van der Waals surface area contributed by atoms with E-state index in [2.05, 4.69) is 39.5 Å². The van der Waals surface area contributed by atoms with Gasteiger partial charge in [-0.1, -0.05) is 24.3 Å². The Bertz CT molecular complexity index is 1140. The number of anilines is 1. The summed E-state index contributed by atoms with van der Waals surface area (Å²) in [6.45, 7) is 4.15. The predicted molar refractivity (Wildman–Crippen MR) is 135 cm³/mol. The SMILES string of the molecule is O=C(O)CC(c1cnc2ccccc2c1)C1CCN(CCCc2ccc3c(n2)NCCC3)CC1. The molecular weight excluding hydrogens is 424 g/mol. The average Bonchev–Trinajstić information content (AvgIpc) is 2.87. The molecule has 6 heteroatoms. The van der Waals surface area contributed by atoms with E-state index < -0.39 is 5.97 Å². The Morgan fingerprint density at radius 2 is 2.03 bits per heavy atom. The summed E-state index contributed by atoms with van der Waals surface area (Å²) in [4.78, 5) is 23.6. The summed E-state index contributed by atoms with van der Waals surface area (Å²) in [6.07, 6.45) is 8.54. The highest BCUT2D eigenvalue weighted by molar-refractivity contribution is 5.79. The number of carboxylic acids is 1. The van der Waals surface area contributed by atoms with Gasteiger partial charge in [-0.25, -0.2) is 4.98 Å². The maximum absolute atomic E-state index is 11.7.